The van der Waals surface area contributed by atoms with Crippen molar-refractivity contribution < 1.29 is 8.85 Å². The molecule has 0 aliphatic heterocycles. The van der Waals surface area contributed by atoms with E-state index < -0.39 is 16.6 Å². The minimum atomic E-state index is -1.53. The molecule has 0 saturated heterocycles. The number of hydrogen-bond donors (Lipinski definition) is 0. The van der Waals surface area contributed by atoms with Gasteiger partial charge in [0.15, 0.2) is 16.6 Å². The molecule has 0 aromatic heterocycles. The van der Waals surface area contributed by atoms with Crippen molar-refractivity contribution in [3.63, 3.8) is 0 Å². The molecule has 0 amide bonds. The molecule has 0 spiro atoms. The van der Waals surface area contributed by atoms with E-state index >= 15 is 0 Å². The molecule has 0 aromatic rings. The predicted molar refractivity (Wildman–Crippen MR) is 100 cm³/mol. The number of rotatable bonds is 10. The molecule has 0 fully saturated rings. The Bertz CT molecular complexity index is 280. The third-order valence-corrected chi connectivity index (χ3v) is 9.59. The first-order valence-corrected chi connectivity index (χ1v) is 14.8. The van der Waals surface area contributed by atoms with E-state index in [1.54, 1.807) is 0 Å². The van der Waals surface area contributed by atoms with Crippen LogP contribution in [0.5, 0.6) is 0 Å². The Hall–Kier alpha value is 0.354. The molecular formula is C17H40O2Si2. The molecular weight excluding hydrogens is 292 g/mol. The van der Waals surface area contributed by atoms with Gasteiger partial charge in [0.1, 0.15) is 0 Å². The first-order valence-electron chi connectivity index (χ1n) is 8.52. The van der Waals surface area contributed by atoms with Crippen molar-refractivity contribution in [1.29, 1.82) is 0 Å². The van der Waals surface area contributed by atoms with Gasteiger partial charge >= 0.3 is 0 Å². The van der Waals surface area contributed by atoms with E-state index in [4.69, 9.17) is 8.85 Å². The fourth-order valence-electron chi connectivity index (χ4n) is 4.61. The van der Waals surface area contributed by atoms with Gasteiger partial charge in [-0.2, -0.15) is 0 Å². The lowest BCUT2D eigenvalue weighted by molar-refractivity contribution is 0.207. The number of hydrogen-bond acceptors (Lipinski definition) is 2. The Labute approximate surface area is 136 Å². The highest BCUT2D eigenvalue weighted by Gasteiger charge is 2.39. The highest BCUT2D eigenvalue weighted by atomic mass is 28.4. The molecule has 4 heteroatoms. The first-order chi connectivity index (χ1) is 9.24. The summed E-state index contributed by atoms with van der Waals surface area (Å²) in [6.45, 7) is 25.0. The predicted octanol–water partition coefficient (Wildman–Crippen LogP) is 5.91. The lowest BCUT2D eigenvalue weighted by Gasteiger charge is -2.41. The topological polar surface area (TPSA) is 18.5 Å². The van der Waals surface area contributed by atoms with E-state index in [0.29, 0.717) is 10.8 Å². The zero-order valence-corrected chi connectivity index (χ0v) is 18.4. The molecule has 0 unspecified atom stereocenters. The molecule has 21 heavy (non-hydrogen) atoms. The summed E-state index contributed by atoms with van der Waals surface area (Å²) in [5.41, 5.74) is 0.677. The van der Waals surface area contributed by atoms with E-state index in [2.05, 4.69) is 67.7 Å². The highest BCUT2D eigenvalue weighted by Crippen LogP contribution is 2.43. The maximum atomic E-state index is 6.04. The Balaban J connectivity index is 4.75. The van der Waals surface area contributed by atoms with Crippen molar-refractivity contribution in [2.24, 2.45) is 10.8 Å². The summed E-state index contributed by atoms with van der Waals surface area (Å²) in [4.78, 5) is 0. The Kier molecular flexibility index (Phi) is 7.89. The van der Waals surface area contributed by atoms with E-state index in [9.17, 15) is 0 Å². The SMILES string of the molecule is CCO[Si](C)(C)CC(C)(C)CC(C)(C)C[Si](C)(C)OCC. The molecule has 0 N–H and O–H groups in total. The van der Waals surface area contributed by atoms with Crippen LogP contribution in [-0.2, 0) is 8.85 Å². The molecule has 0 bridgehead atoms. The van der Waals surface area contributed by atoms with Gasteiger partial charge in [-0.3, -0.25) is 0 Å². The first kappa shape index (κ1) is 21.4. The highest BCUT2D eigenvalue weighted by molar-refractivity contribution is 6.71. The molecule has 0 atom stereocenters. The molecule has 2 nitrogen and oxygen atoms in total. The van der Waals surface area contributed by atoms with Crippen LogP contribution >= 0.6 is 0 Å². The van der Waals surface area contributed by atoms with E-state index in [1.807, 2.05) is 0 Å². The van der Waals surface area contributed by atoms with Crippen molar-refractivity contribution in [3.8, 4) is 0 Å². The molecule has 0 aromatic carbocycles. The fraction of sp³-hybridized carbons (Fsp3) is 1.00. The Morgan fingerprint density at radius 2 is 0.952 bits per heavy atom. The second kappa shape index (κ2) is 7.76. The molecule has 0 rings (SSSR count). The van der Waals surface area contributed by atoms with Crippen LogP contribution in [0.4, 0.5) is 0 Å². The van der Waals surface area contributed by atoms with Gasteiger partial charge in [0.05, 0.1) is 0 Å². The standard InChI is InChI=1S/C17H40O2Si2/c1-11-18-20(7,8)14-16(3,4)13-17(5,6)15-21(9,10)19-12-2/h11-15H2,1-10H3. The Morgan fingerprint density at radius 1 is 0.667 bits per heavy atom. The lowest BCUT2D eigenvalue weighted by Crippen LogP contribution is -2.40. The average molecular weight is 333 g/mol. The summed E-state index contributed by atoms with van der Waals surface area (Å²) in [5, 5.41) is 0. The van der Waals surface area contributed by atoms with Crippen molar-refractivity contribution in [2.45, 2.75) is 86.2 Å². The van der Waals surface area contributed by atoms with Crippen molar-refractivity contribution in [2.75, 3.05) is 13.2 Å². The largest absolute Gasteiger partial charge is 0.418 e. The minimum absolute atomic E-state index is 0.338. The van der Waals surface area contributed by atoms with Gasteiger partial charge in [-0.1, -0.05) is 27.7 Å². The summed E-state index contributed by atoms with van der Waals surface area (Å²) < 4.78 is 12.1. The maximum absolute atomic E-state index is 6.04. The summed E-state index contributed by atoms with van der Waals surface area (Å²) >= 11 is 0. The van der Waals surface area contributed by atoms with E-state index in [0.717, 1.165) is 13.2 Å². The molecule has 128 valence electrons. The van der Waals surface area contributed by atoms with Crippen LogP contribution < -0.4 is 0 Å². The summed E-state index contributed by atoms with van der Waals surface area (Å²) in [5.74, 6) is 0. The minimum Gasteiger partial charge on any atom is -0.418 e. The summed E-state index contributed by atoms with van der Waals surface area (Å²) in [7, 11) is -3.06. The van der Waals surface area contributed by atoms with E-state index in [-0.39, 0.29) is 0 Å². The zero-order valence-electron chi connectivity index (χ0n) is 16.4. The fourth-order valence-corrected chi connectivity index (χ4v) is 11.2. The zero-order chi connectivity index (χ0) is 16.9. The van der Waals surface area contributed by atoms with Gasteiger partial charge in [0.2, 0.25) is 0 Å². The van der Waals surface area contributed by atoms with Gasteiger partial charge in [0.25, 0.3) is 0 Å². The molecule has 0 aliphatic rings. The van der Waals surface area contributed by atoms with Gasteiger partial charge in [0, 0.05) is 13.2 Å². The van der Waals surface area contributed by atoms with Crippen LogP contribution in [-0.4, -0.2) is 29.8 Å². The lowest BCUT2D eigenvalue weighted by atomic mass is 9.77. The molecule has 0 saturated carbocycles. The van der Waals surface area contributed by atoms with Crippen LogP contribution in [0.15, 0.2) is 0 Å². The van der Waals surface area contributed by atoms with Crippen LogP contribution in [0.1, 0.15) is 48.0 Å². The quantitative estimate of drug-likeness (QED) is 0.463. The van der Waals surface area contributed by atoms with Crippen molar-refractivity contribution in [3.05, 3.63) is 0 Å². The van der Waals surface area contributed by atoms with Crippen LogP contribution in [0.2, 0.25) is 38.3 Å². The maximum Gasteiger partial charge on any atom is 0.187 e. The van der Waals surface area contributed by atoms with E-state index in [1.165, 1.54) is 18.5 Å². The molecule has 0 radical (unpaired) electrons. The third-order valence-electron chi connectivity index (χ3n) is 3.84. The normalized spacial score (nSPS) is 14.6. The second-order valence-corrected chi connectivity index (χ2v) is 17.6. The summed E-state index contributed by atoms with van der Waals surface area (Å²) in [6, 6.07) is 2.46. The van der Waals surface area contributed by atoms with Gasteiger partial charge in [-0.25, -0.2) is 0 Å². The van der Waals surface area contributed by atoms with Crippen LogP contribution in [0.3, 0.4) is 0 Å². The van der Waals surface area contributed by atoms with Crippen molar-refractivity contribution in [1.82, 2.24) is 0 Å². The van der Waals surface area contributed by atoms with Gasteiger partial charge in [-0.15, -0.1) is 0 Å². The van der Waals surface area contributed by atoms with Crippen molar-refractivity contribution >= 4 is 16.6 Å². The third kappa shape index (κ3) is 9.87. The molecule has 0 aliphatic carbocycles. The summed E-state index contributed by atoms with van der Waals surface area (Å²) in [6.07, 6.45) is 1.24. The Morgan fingerprint density at radius 3 is 1.19 bits per heavy atom. The van der Waals surface area contributed by atoms with Crippen LogP contribution in [0, 0.1) is 10.8 Å². The van der Waals surface area contributed by atoms with Gasteiger partial charge < -0.3 is 8.85 Å². The monoisotopic (exact) mass is 332 g/mol. The second-order valence-electron chi connectivity index (χ2n) is 9.24. The van der Waals surface area contributed by atoms with Gasteiger partial charge in [-0.05, 0) is 69.4 Å². The molecule has 0 heterocycles. The smallest absolute Gasteiger partial charge is 0.187 e. The average Bonchev–Trinajstić information content (AvgIpc) is 2.09. The van der Waals surface area contributed by atoms with Crippen LogP contribution in [0.25, 0.3) is 0 Å².